The van der Waals surface area contributed by atoms with Crippen molar-refractivity contribution in [2.75, 3.05) is 19.6 Å². The van der Waals surface area contributed by atoms with Gasteiger partial charge in [-0.25, -0.2) is 4.79 Å². The summed E-state index contributed by atoms with van der Waals surface area (Å²) in [5.41, 5.74) is 0.748. The molecule has 128 valence electrons. The number of nitrogens with one attached hydrogen (secondary N) is 2. The number of hydrogen-bond acceptors (Lipinski definition) is 6. The molecule has 8 heteroatoms. The lowest BCUT2D eigenvalue weighted by Crippen LogP contribution is -2.39. The van der Waals surface area contributed by atoms with E-state index in [4.69, 9.17) is 4.65 Å². The number of carbonyl (C=O) groups excluding carboxylic acids is 1. The molecule has 0 aliphatic carbocycles. The molecule has 0 aromatic heterocycles. The summed E-state index contributed by atoms with van der Waals surface area (Å²) < 4.78 is 5.41. The number of ketones is 1. The zero-order valence-electron chi connectivity index (χ0n) is 13.3. The van der Waals surface area contributed by atoms with Gasteiger partial charge in [-0.1, -0.05) is 12.1 Å². The van der Waals surface area contributed by atoms with Gasteiger partial charge in [0.15, 0.2) is 0 Å². The molecule has 4 N–H and O–H groups in total. The van der Waals surface area contributed by atoms with E-state index in [1.165, 1.54) is 6.07 Å². The van der Waals surface area contributed by atoms with Crippen LogP contribution in [0.2, 0.25) is 5.82 Å². The SMILES string of the molecule is O=C(CN[C@@H]1CCNC1)C[C@H]1Cc2cccc(C(=O)O)c2OB1O. The van der Waals surface area contributed by atoms with E-state index >= 15 is 0 Å². The Bertz CT molecular complexity index is 633. The van der Waals surface area contributed by atoms with Crippen molar-refractivity contribution >= 4 is 18.9 Å². The van der Waals surface area contributed by atoms with Gasteiger partial charge in [0.05, 0.1) is 12.1 Å². The van der Waals surface area contributed by atoms with Crippen LogP contribution in [-0.4, -0.2) is 54.7 Å². The second-order valence-electron chi connectivity index (χ2n) is 6.39. The molecule has 1 saturated heterocycles. The van der Waals surface area contributed by atoms with Crippen LogP contribution in [0.5, 0.6) is 5.75 Å². The first-order valence-electron chi connectivity index (χ1n) is 8.20. The smallest absolute Gasteiger partial charge is 0.526 e. The Hall–Kier alpha value is -1.90. The molecule has 2 heterocycles. The van der Waals surface area contributed by atoms with Crippen molar-refractivity contribution in [2.24, 2.45) is 0 Å². The Kier molecular flexibility index (Phi) is 5.18. The van der Waals surface area contributed by atoms with Crippen LogP contribution in [-0.2, 0) is 11.2 Å². The molecule has 24 heavy (non-hydrogen) atoms. The molecule has 2 atom stereocenters. The standard InChI is InChI=1S/C16H21BN2O5/c20-13(9-19-12-4-5-18-8-12)7-11-6-10-2-1-3-14(16(21)22)15(10)24-17(11)23/h1-3,11-12,18-19,23H,4-9H2,(H,21,22)/t11-,12-/m1/s1. The molecule has 1 fully saturated rings. The fourth-order valence-electron chi connectivity index (χ4n) is 3.28. The minimum Gasteiger partial charge on any atom is -0.535 e. The Morgan fingerprint density at radius 1 is 1.42 bits per heavy atom. The van der Waals surface area contributed by atoms with Gasteiger partial charge in [-0.2, -0.15) is 0 Å². The molecule has 2 aliphatic heterocycles. The lowest BCUT2D eigenvalue weighted by molar-refractivity contribution is -0.118. The largest absolute Gasteiger partial charge is 0.535 e. The maximum atomic E-state index is 12.2. The van der Waals surface area contributed by atoms with Crippen LogP contribution in [0.3, 0.4) is 0 Å². The normalized spacial score (nSPS) is 22.8. The third kappa shape index (κ3) is 3.77. The quantitative estimate of drug-likeness (QED) is 0.547. The van der Waals surface area contributed by atoms with Crippen LogP contribution in [0.1, 0.15) is 28.8 Å². The Morgan fingerprint density at radius 2 is 2.25 bits per heavy atom. The van der Waals surface area contributed by atoms with E-state index in [9.17, 15) is 19.7 Å². The van der Waals surface area contributed by atoms with Gasteiger partial charge in [0.1, 0.15) is 11.5 Å². The summed E-state index contributed by atoms with van der Waals surface area (Å²) in [5.74, 6) is -1.23. The molecule has 0 amide bonds. The number of carboxylic acids is 1. The van der Waals surface area contributed by atoms with Gasteiger partial charge in [0.25, 0.3) is 0 Å². The summed E-state index contributed by atoms with van der Waals surface area (Å²) in [6, 6.07) is 5.18. The van der Waals surface area contributed by atoms with Crippen LogP contribution in [0, 0.1) is 0 Å². The van der Waals surface area contributed by atoms with Crippen molar-refractivity contribution in [1.29, 1.82) is 0 Å². The first-order valence-corrected chi connectivity index (χ1v) is 8.20. The van der Waals surface area contributed by atoms with Crippen molar-refractivity contribution in [3.8, 4) is 5.75 Å². The number of rotatable bonds is 6. The van der Waals surface area contributed by atoms with Gasteiger partial charge in [-0.15, -0.1) is 0 Å². The van der Waals surface area contributed by atoms with E-state index in [0.717, 1.165) is 19.5 Å². The van der Waals surface area contributed by atoms with E-state index in [1.807, 2.05) is 0 Å². The molecular weight excluding hydrogens is 311 g/mol. The highest BCUT2D eigenvalue weighted by molar-refractivity contribution is 6.47. The zero-order valence-corrected chi connectivity index (χ0v) is 13.3. The third-order valence-electron chi connectivity index (χ3n) is 4.59. The molecule has 1 aromatic rings. The number of aromatic carboxylic acids is 1. The molecular formula is C16H21BN2O5. The minimum atomic E-state index is -1.17. The summed E-state index contributed by atoms with van der Waals surface area (Å²) >= 11 is 0. The fraction of sp³-hybridized carbons (Fsp3) is 0.500. The van der Waals surface area contributed by atoms with Crippen molar-refractivity contribution in [1.82, 2.24) is 10.6 Å². The number of Topliss-reactive ketones (excluding diaryl/α,β-unsaturated/α-hetero) is 1. The van der Waals surface area contributed by atoms with Gasteiger partial charge in [-0.3, -0.25) is 4.79 Å². The Morgan fingerprint density at radius 3 is 2.96 bits per heavy atom. The molecule has 0 radical (unpaired) electrons. The first kappa shape index (κ1) is 16.9. The maximum Gasteiger partial charge on any atom is 0.526 e. The van der Waals surface area contributed by atoms with Gasteiger partial charge >= 0.3 is 13.1 Å². The first-order chi connectivity index (χ1) is 11.5. The van der Waals surface area contributed by atoms with Crippen LogP contribution >= 0.6 is 0 Å². The molecule has 2 aliphatic rings. The number of fused-ring (bicyclic) bond motifs is 1. The second-order valence-corrected chi connectivity index (χ2v) is 6.39. The van der Waals surface area contributed by atoms with Gasteiger partial charge in [0, 0.05) is 24.8 Å². The molecule has 0 unspecified atom stereocenters. The molecule has 0 saturated carbocycles. The highest BCUT2D eigenvalue weighted by atomic mass is 16.5. The number of benzene rings is 1. The molecule has 1 aromatic carbocycles. The lowest BCUT2D eigenvalue weighted by Gasteiger charge is -2.28. The van der Waals surface area contributed by atoms with Crippen LogP contribution in [0.4, 0.5) is 0 Å². The van der Waals surface area contributed by atoms with E-state index in [0.29, 0.717) is 18.0 Å². The molecule has 0 spiro atoms. The highest BCUT2D eigenvalue weighted by Crippen LogP contribution is 2.36. The summed E-state index contributed by atoms with van der Waals surface area (Å²) in [4.78, 5) is 23.4. The van der Waals surface area contributed by atoms with Gasteiger partial charge in [-0.05, 0) is 31.0 Å². The number of hydrogen-bond donors (Lipinski definition) is 4. The Labute approximate surface area is 140 Å². The monoisotopic (exact) mass is 332 g/mol. The van der Waals surface area contributed by atoms with Crippen molar-refractivity contribution in [3.63, 3.8) is 0 Å². The minimum absolute atomic E-state index is 0.0207. The van der Waals surface area contributed by atoms with E-state index < -0.39 is 13.1 Å². The van der Waals surface area contributed by atoms with Gasteiger partial charge < -0.3 is 25.4 Å². The van der Waals surface area contributed by atoms with E-state index in [-0.39, 0.29) is 35.9 Å². The predicted octanol–water partition coefficient (Wildman–Crippen LogP) is 0.0811. The van der Waals surface area contributed by atoms with Gasteiger partial charge in [0.2, 0.25) is 0 Å². The lowest BCUT2D eigenvalue weighted by atomic mass is 9.64. The summed E-state index contributed by atoms with van der Waals surface area (Å²) in [6.45, 7) is 2.11. The topological polar surface area (TPSA) is 108 Å². The van der Waals surface area contributed by atoms with Crippen LogP contribution < -0.4 is 15.3 Å². The third-order valence-corrected chi connectivity index (χ3v) is 4.59. The van der Waals surface area contributed by atoms with Crippen LogP contribution in [0.25, 0.3) is 0 Å². The second kappa shape index (κ2) is 7.33. The van der Waals surface area contributed by atoms with Crippen LogP contribution in [0.15, 0.2) is 18.2 Å². The number of carboxylic acid groups (broad SMARTS) is 1. The molecule has 0 bridgehead atoms. The number of para-hydroxylation sites is 1. The van der Waals surface area contributed by atoms with E-state index in [2.05, 4.69) is 10.6 Å². The molecule has 3 rings (SSSR count). The summed E-state index contributed by atoms with van der Waals surface area (Å²) in [6.07, 6.45) is 1.63. The highest BCUT2D eigenvalue weighted by Gasteiger charge is 2.37. The summed E-state index contributed by atoms with van der Waals surface area (Å²) in [7, 11) is -1.17. The van der Waals surface area contributed by atoms with Crippen molar-refractivity contribution in [3.05, 3.63) is 29.3 Å². The fourth-order valence-corrected chi connectivity index (χ4v) is 3.28. The average molecular weight is 332 g/mol. The Balaban J connectivity index is 1.60. The summed E-state index contributed by atoms with van der Waals surface area (Å²) in [5, 5.41) is 25.8. The van der Waals surface area contributed by atoms with Crippen molar-refractivity contribution in [2.45, 2.75) is 31.1 Å². The predicted molar refractivity (Wildman–Crippen MR) is 88.4 cm³/mol. The van der Waals surface area contributed by atoms with Crippen molar-refractivity contribution < 1.29 is 24.4 Å². The zero-order chi connectivity index (χ0) is 17.1. The molecule has 7 nitrogen and oxygen atoms in total. The average Bonchev–Trinajstić information content (AvgIpc) is 3.06. The number of carbonyl (C=O) groups is 2. The van der Waals surface area contributed by atoms with E-state index in [1.54, 1.807) is 12.1 Å². The maximum absolute atomic E-state index is 12.2.